The van der Waals surface area contributed by atoms with Crippen molar-refractivity contribution >= 4 is 46.9 Å². The van der Waals surface area contributed by atoms with Gasteiger partial charge in [-0.05, 0) is 57.9 Å². The normalized spacial score (nSPS) is 20.6. The van der Waals surface area contributed by atoms with Crippen LogP contribution in [-0.4, -0.2) is 99.3 Å². The number of thioether (sulfide) groups is 1. The molecule has 1 aliphatic carbocycles. The number of benzene rings is 1. The maximum Gasteiger partial charge on any atom is 0.411 e. The minimum Gasteiger partial charge on any atom is -0.464 e. The third-order valence-electron chi connectivity index (χ3n) is 9.18. The van der Waals surface area contributed by atoms with E-state index >= 15 is 0 Å². The Morgan fingerprint density at radius 2 is 1.76 bits per heavy atom. The number of amides is 2. The zero-order valence-corrected chi connectivity index (χ0v) is 29.8. The number of likely N-dealkylation sites (tertiary alicyclic amines) is 1. The SMILES string of the molecule is CC(=O)OCCN(C(=S)[C@@H](CCC1CCCCC1)NC(=O)[C@@H]1CSCN1C(=O)OC(C)(C)C)C1CCN(Cc2ccccc2)CC1. The van der Waals surface area contributed by atoms with E-state index in [1.54, 1.807) is 11.8 Å². The largest absolute Gasteiger partial charge is 0.464 e. The van der Waals surface area contributed by atoms with Crippen molar-refractivity contribution in [2.45, 2.75) is 116 Å². The first-order chi connectivity index (χ1) is 22.0. The molecule has 2 saturated heterocycles. The summed E-state index contributed by atoms with van der Waals surface area (Å²) in [6.45, 7) is 10.5. The van der Waals surface area contributed by atoms with Crippen LogP contribution in [0.5, 0.6) is 0 Å². The summed E-state index contributed by atoms with van der Waals surface area (Å²) in [5, 5.41) is 3.30. The summed E-state index contributed by atoms with van der Waals surface area (Å²) >= 11 is 7.81. The van der Waals surface area contributed by atoms with Gasteiger partial charge in [0.2, 0.25) is 5.91 Å². The highest BCUT2D eigenvalue weighted by Crippen LogP contribution is 2.29. The summed E-state index contributed by atoms with van der Waals surface area (Å²) in [6, 6.07) is 9.75. The van der Waals surface area contributed by atoms with Gasteiger partial charge in [-0.1, -0.05) is 74.7 Å². The number of ether oxygens (including phenoxy) is 2. The lowest BCUT2D eigenvalue weighted by molar-refractivity contribution is -0.141. The molecule has 4 rings (SSSR count). The second kappa shape index (κ2) is 17.7. The van der Waals surface area contributed by atoms with Crippen LogP contribution in [0.15, 0.2) is 30.3 Å². The third-order valence-corrected chi connectivity index (χ3v) is 10.7. The Kier molecular flexibility index (Phi) is 14.0. The van der Waals surface area contributed by atoms with Crippen LogP contribution in [0.3, 0.4) is 0 Å². The summed E-state index contributed by atoms with van der Waals surface area (Å²) in [6.07, 6.45) is 9.38. The van der Waals surface area contributed by atoms with Crippen molar-refractivity contribution in [1.82, 2.24) is 20.0 Å². The van der Waals surface area contributed by atoms with E-state index in [2.05, 4.69) is 39.4 Å². The average molecular weight is 675 g/mol. The minimum absolute atomic E-state index is 0.185. The first-order valence-electron chi connectivity index (χ1n) is 17.1. The van der Waals surface area contributed by atoms with Crippen molar-refractivity contribution in [2.24, 2.45) is 5.92 Å². The van der Waals surface area contributed by atoms with Crippen molar-refractivity contribution in [3.8, 4) is 0 Å². The van der Waals surface area contributed by atoms with Gasteiger partial charge in [0, 0.05) is 38.4 Å². The number of hydrogen-bond donors (Lipinski definition) is 1. The molecule has 9 nitrogen and oxygen atoms in total. The highest BCUT2D eigenvalue weighted by atomic mass is 32.2. The topological polar surface area (TPSA) is 91.4 Å². The molecule has 3 aliphatic rings. The van der Waals surface area contributed by atoms with Crippen LogP contribution in [0.1, 0.15) is 91.0 Å². The number of rotatable bonds is 12. The monoisotopic (exact) mass is 674 g/mol. The Labute approximate surface area is 285 Å². The summed E-state index contributed by atoms with van der Waals surface area (Å²) in [5.74, 6) is 1.06. The van der Waals surface area contributed by atoms with Gasteiger partial charge in [0.05, 0.1) is 18.5 Å². The highest BCUT2D eigenvalue weighted by Gasteiger charge is 2.39. The van der Waals surface area contributed by atoms with Crippen molar-refractivity contribution in [1.29, 1.82) is 0 Å². The lowest BCUT2D eigenvalue weighted by atomic mass is 9.85. The zero-order valence-electron chi connectivity index (χ0n) is 28.2. The third kappa shape index (κ3) is 11.4. The Hall–Kier alpha value is -2.37. The Morgan fingerprint density at radius 3 is 2.41 bits per heavy atom. The standard InChI is InChI=1S/C35H54N4O5S2/c1-26(40)43-22-21-38(29-17-19-37(20-18-29)23-28-13-9-6-10-14-28)33(45)30(16-15-27-11-7-5-8-12-27)36-32(41)31-24-46-25-39(31)34(42)44-35(2,3)4/h6,9-10,13-14,27,29-31H,5,7-8,11-12,15-25H2,1-4H3,(H,36,41)/t30-,31+/m1/s1. The number of thiocarbonyl (C=S) groups is 1. The van der Waals surface area contributed by atoms with Gasteiger partial charge in [-0.2, -0.15) is 0 Å². The van der Waals surface area contributed by atoms with Gasteiger partial charge in [0.1, 0.15) is 23.2 Å². The van der Waals surface area contributed by atoms with Gasteiger partial charge in [-0.25, -0.2) is 4.79 Å². The van der Waals surface area contributed by atoms with Crippen LogP contribution in [0.2, 0.25) is 0 Å². The molecule has 1 saturated carbocycles. The number of carbonyl (C=O) groups is 3. The fourth-order valence-corrected chi connectivity index (χ4v) is 8.31. The van der Waals surface area contributed by atoms with Crippen LogP contribution < -0.4 is 5.32 Å². The van der Waals surface area contributed by atoms with E-state index in [0.29, 0.717) is 29.1 Å². The van der Waals surface area contributed by atoms with E-state index in [4.69, 9.17) is 21.7 Å². The van der Waals surface area contributed by atoms with E-state index in [0.717, 1.165) is 45.3 Å². The molecular formula is C35H54N4O5S2. The molecule has 0 radical (unpaired) electrons. The molecule has 0 unspecified atom stereocenters. The van der Waals surface area contributed by atoms with Crippen molar-refractivity contribution < 1.29 is 23.9 Å². The van der Waals surface area contributed by atoms with Crippen molar-refractivity contribution in [3.05, 3.63) is 35.9 Å². The number of carbonyl (C=O) groups excluding carboxylic acids is 3. The Morgan fingerprint density at radius 1 is 1.07 bits per heavy atom. The molecule has 1 aromatic rings. The minimum atomic E-state index is -0.644. The van der Waals surface area contributed by atoms with Crippen LogP contribution in [0.25, 0.3) is 0 Å². The molecule has 2 heterocycles. The lowest BCUT2D eigenvalue weighted by Crippen LogP contribution is -2.57. The van der Waals surface area contributed by atoms with Crippen LogP contribution in [0, 0.1) is 5.92 Å². The van der Waals surface area contributed by atoms with Gasteiger partial charge in [-0.15, -0.1) is 11.8 Å². The van der Waals surface area contributed by atoms with Crippen molar-refractivity contribution in [3.63, 3.8) is 0 Å². The summed E-state index contributed by atoms with van der Waals surface area (Å²) in [5.41, 5.74) is 0.661. The predicted molar refractivity (Wildman–Crippen MR) is 188 cm³/mol. The summed E-state index contributed by atoms with van der Waals surface area (Å²) in [7, 11) is 0. The number of nitrogens with one attached hydrogen (secondary N) is 1. The molecule has 11 heteroatoms. The molecule has 0 bridgehead atoms. The van der Waals surface area contributed by atoms with Crippen LogP contribution in [-0.2, 0) is 25.6 Å². The second-order valence-electron chi connectivity index (χ2n) is 14.0. The molecule has 0 spiro atoms. The Bertz CT molecular complexity index is 1150. The summed E-state index contributed by atoms with van der Waals surface area (Å²) in [4.78, 5) is 45.5. The van der Waals surface area contributed by atoms with Gasteiger partial charge in [0.15, 0.2) is 0 Å². The highest BCUT2D eigenvalue weighted by molar-refractivity contribution is 7.99. The number of nitrogens with zero attached hydrogens (tertiary/aromatic N) is 3. The van der Waals surface area contributed by atoms with Gasteiger partial charge in [0.25, 0.3) is 0 Å². The van der Waals surface area contributed by atoms with Crippen molar-refractivity contribution in [2.75, 3.05) is 37.9 Å². The first kappa shape index (κ1) is 36.5. The molecular weight excluding hydrogens is 621 g/mol. The maximum atomic E-state index is 13.9. The first-order valence-corrected chi connectivity index (χ1v) is 18.6. The lowest BCUT2D eigenvalue weighted by Gasteiger charge is -2.42. The van der Waals surface area contributed by atoms with E-state index in [1.165, 1.54) is 49.5 Å². The molecule has 2 aliphatic heterocycles. The quantitative estimate of drug-likeness (QED) is 0.212. The van der Waals surface area contributed by atoms with E-state index in [9.17, 15) is 14.4 Å². The van der Waals surface area contributed by atoms with Crippen LogP contribution in [0.4, 0.5) is 4.79 Å². The van der Waals surface area contributed by atoms with Gasteiger partial charge < -0.3 is 19.7 Å². The maximum absolute atomic E-state index is 13.9. The smallest absolute Gasteiger partial charge is 0.411 e. The van der Waals surface area contributed by atoms with E-state index in [1.807, 2.05) is 26.8 Å². The fraction of sp³-hybridized carbons (Fsp3) is 0.714. The van der Waals surface area contributed by atoms with E-state index < -0.39 is 17.7 Å². The van der Waals surface area contributed by atoms with Gasteiger partial charge >= 0.3 is 12.1 Å². The van der Waals surface area contributed by atoms with Gasteiger partial charge in [-0.3, -0.25) is 19.4 Å². The average Bonchev–Trinajstić information content (AvgIpc) is 3.52. The molecule has 1 aromatic carbocycles. The zero-order chi connectivity index (χ0) is 33.1. The molecule has 46 heavy (non-hydrogen) atoms. The number of hydrogen-bond acceptors (Lipinski definition) is 8. The molecule has 3 fully saturated rings. The molecule has 256 valence electrons. The molecule has 2 amide bonds. The predicted octanol–water partition coefficient (Wildman–Crippen LogP) is 6.00. The molecule has 1 N–H and O–H groups in total. The molecule has 0 aromatic heterocycles. The summed E-state index contributed by atoms with van der Waals surface area (Å²) < 4.78 is 11.0. The number of esters is 1. The van der Waals surface area contributed by atoms with E-state index in [-0.39, 0.29) is 30.6 Å². The fourth-order valence-electron chi connectivity index (χ4n) is 6.76. The number of piperidine rings is 1. The Balaban J connectivity index is 1.48. The molecule has 2 atom stereocenters. The van der Waals surface area contributed by atoms with Crippen LogP contribution >= 0.6 is 24.0 Å². The second-order valence-corrected chi connectivity index (χ2v) is 15.4.